The average Bonchev–Trinajstić information content (AvgIpc) is 2.59. The summed E-state index contributed by atoms with van der Waals surface area (Å²) in [6.45, 7) is 5.73. The molecule has 0 heterocycles. The van der Waals surface area contributed by atoms with E-state index in [4.69, 9.17) is 4.74 Å². The highest BCUT2D eigenvalue weighted by Gasteiger charge is 2.28. The van der Waals surface area contributed by atoms with Gasteiger partial charge in [0.2, 0.25) is 0 Å². The van der Waals surface area contributed by atoms with Gasteiger partial charge in [-0.1, -0.05) is 72.8 Å². The molecule has 2 nitrogen and oxygen atoms in total. The summed E-state index contributed by atoms with van der Waals surface area (Å²) in [5.74, 6) is -0.500. The molecule has 0 N–H and O–H groups in total. The molecule has 0 unspecified atom stereocenters. The molecule has 1 atom stereocenters. The van der Waals surface area contributed by atoms with Crippen molar-refractivity contribution in [1.82, 2.24) is 0 Å². The van der Waals surface area contributed by atoms with Gasteiger partial charge in [0.15, 0.2) is 0 Å². The molecule has 0 spiro atoms. The zero-order valence-electron chi connectivity index (χ0n) is 15.0. The lowest BCUT2D eigenvalue weighted by atomic mass is 9.88. The monoisotopic (exact) mass is 332 g/mol. The molecule has 3 aromatic carbocycles. The number of fused-ring (bicyclic) bond motifs is 1. The lowest BCUT2D eigenvalue weighted by Crippen LogP contribution is -2.28. The quantitative estimate of drug-likeness (QED) is 0.589. The lowest BCUT2D eigenvalue weighted by Gasteiger charge is -2.25. The topological polar surface area (TPSA) is 26.3 Å². The zero-order valence-corrected chi connectivity index (χ0v) is 15.0. The van der Waals surface area contributed by atoms with Crippen molar-refractivity contribution < 1.29 is 9.53 Å². The third-order valence-corrected chi connectivity index (χ3v) is 4.17. The summed E-state index contributed by atoms with van der Waals surface area (Å²) < 4.78 is 5.74. The van der Waals surface area contributed by atoms with Crippen molar-refractivity contribution in [2.45, 2.75) is 38.7 Å². The molecule has 3 rings (SSSR count). The van der Waals surface area contributed by atoms with Crippen LogP contribution in [0.5, 0.6) is 0 Å². The molecule has 0 fully saturated rings. The largest absolute Gasteiger partial charge is 0.459 e. The molecular weight excluding hydrogens is 308 g/mol. The van der Waals surface area contributed by atoms with Gasteiger partial charge in [0.25, 0.3) is 0 Å². The molecule has 128 valence electrons. The van der Waals surface area contributed by atoms with Crippen LogP contribution in [0.4, 0.5) is 0 Å². The Hall–Kier alpha value is -2.61. The molecule has 0 radical (unpaired) electrons. The Labute approximate surface area is 149 Å². The van der Waals surface area contributed by atoms with Crippen LogP contribution >= 0.6 is 0 Å². The number of hydrogen-bond acceptors (Lipinski definition) is 2. The maximum absolute atomic E-state index is 13.0. The minimum Gasteiger partial charge on any atom is -0.459 e. The maximum atomic E-state index is 13.0. The van der Waals surface area contributed by atoms with E-state index in [0.29, 0.717) is 6.42 Å². The van der Waals surface area contributed by atoms with E-state index in [2.05, 4.69) is 30.3 Å². The van der Waals surface area contributed by atoms with Gasteiger partial charge in [0, 0.05) is 0 Å². The van der Waals surface area contributed by atoms with Crippen molar-refractivity contribution in [3.8, 4) is 0 Å². The van der Waals surface area contributed by atoms with Crippen LogP contribution in [-0.2, 0) is 16.0 Å². The van der Waals surface area contributed by atoms with Crippen LogP contribution in [0.1, 0.15) is 37.8 Å². The number of hydrogen-bond donors (Lipinski definition) is 0. The molecule has 0 aromatic heterocycles. The minimum absolute atomic E-state index is 0.173. The van der Waals surface area contributed by atoms with Crippen LogP contribution in [0.15, 0.2) is 72.8 Å². The molecule has 0 aliphatic carbocycles. The summed E-state index contributed by atoms with van der Waals surface area (Å²) in [6.07, 6.45) is 0.629. The number of ether oxygens (including phenoxy) is 1. The van der Waals surface area contributed by atoms with Crippen LogP contribution < -0.4 is 0 Å². The Balaban J connectivity index is 2.05. The molecule has 0 aliphatic rings. The Kier molecular flexibility index (Phi) is 4.89. The van der Waals surface area contributed by atoms with Crippen LogP contribution in [0.3, 0.4) is 0 Å². The fourth-order valence-corrected chi connectivity index (χ4v) is 3.10. The van der Waals surface area contributed by atoms with Crippen molar-refractivity contribution in [3.63, 3.8) is 0 Å². The van der Waals surface area contributed by atoms with Crippen molar-refractivity contribution in [2.75, 3.05) is 0 Å². The Bertz CT molecular complexity index is 855. The van der Waals surface area contributed by atoms with Crippen LogP contribution in [-0.4, -0.2) is 11.6 Å². The summed E-state index contributed by atoms with van der Waals surface area (Å²) >= 11 is 0. The smallest absolute Gasteiger partial charge is 0.314 e. The van der Waals surface area contributed by atoms with Crippen LogP contribution in [0, 0.1) is 0 Å². The number of carbonyl (C=O) groups excluding carboxylic acids is 1. The fourth-order valence-electron chi connectivity index (χ4n) is 3.10. The molecular formula is C23H24O2. The van der Waals surface area contributed by atoms with E-state index in [1.54, 1.807) is 0 Å². The third kappa shape index (κ3) is 4.27. The molecule has 2 heteroatoms. The minimum atomic E-state index is -0.503. The molecule has 3 aromatic rings. The molecule has 0 saturated heterocycles. The summed E-state index contributed by atoms with van der Waals surface area (Å²) in [6, 6.07) is 24.4. The highest BCUT2D eigenvalue weighted by molar-refractivity contribution is 5.91. The maximum Gasteiger partial charge on any atom is 0.314 e. The van der Waals surface area contributed by atoms with E-state index < -0.39 is 5.60 Å². The van der Waals surface area contributed by atoms with Gasteiger partial charge in [-0.15, -0.1) is 0 Å². The van der Waals surface area contributed by atoms with E-state index in [0.717, 1.165) is 21.9 Å². The number of benzene rings is 3. The van der Waals surface area contributed by atoms with E-state index in [-0.39, 0.29) is 11.9 Å². The summed E-state index contributed by atoms with van der Waals surface area (Å²) in [5.41, 5.74) is 1.65. The van der Waals surface area contributed by atoms with Crippen molar-refractivity contribution in [1.29, 1.82) is 0 Å². The normalized spacial score (nSPS) is 12.8. The Morgan fingerprint density at radius 3 is 2.24 bits per heavy atom. The molecule has 25 heavy (non-hydrogen) atoms. The standard InChI is InChI=1S/C23H24O2/c1-23(2,3)25-22(24)21(16-17-10-5-4-6-11-17)20-15-9-13-18-12-7-8-14-19(18)20/h4-15,21H,16H2,1-3H3/t21-/m1/s1. The van der Waals surface area contributed by atoms with Gasteiger partial charge in [0.05, 0.1) is 5.92 Å². The number of rotatable bonds is 4. The second-order valence-corrected chi connectivity index (χ2v) is 7.34. The summed E-state index contributed by atoms with van der Waals surface area (Å²) in [5, 5.41) is 2.25. The second kappa shape index (κ2) is 7.10. The molecule has 0 saturated carbocycles. The first-order chi connectivity index (χ1) is 11.9. The predicted molar refractivity (Wildman–Crippen MR) is 103 cm³/mol. The average molecular weight is 332 g/mol. The van der Waals surface area contributed by atoms with Gasteiger partial charge < -0.3 is 4.74 Å². The van der Waals surface area contributed by atoms with Crippen molar-refractivity contribution in [3.05, 3.63) is 83.9 Å². The molecule has 0 aliphatic heterocycles. The van der Waals surface area contributed by atoms with Crippen LogP contribution in [0.25, 0.3) is 10.8 Å². The van der Waals surface area contributed by atoms with E-state index in [9.17, 15) is 4.79 Å². The van der Waals surface area contributed by atoms with Gasteiger partial charge in [-0.05, 0) is 49.1 Å². The van der Waals surface area contributed by atoms with E-state index in [1.807, 2.05) is 63.2 Å². The van der Waals surface area contributed by atoms with Gasteiger partial charge >= 0.3 is 5.97 Å². The summed E-state index contributed by atoms with van der Waals surface area (Å²) in [7, 11) is 0. The number of carbonyl (C=O) groups is 1. The highest BCUT2D eigenvalue weighted by atomic mass is 16.6. The first-order valence-electron chi connectivity index (χ1n) is 8.68. The van der Waals surface area contributed by atoms with E-state index in [1.165, 1.54) is 0 Å². The third-order valence-electron chi connectivity index (χ3n) is 4.17. The second-order valence-electron chi connectivity index (χ2n) is 7.34. The lowest BCUT2D eigenvalue weighted by molar-refractivity contribution is -0.156. The Morgan fingerprint density at radius 1 is 0.880 bits per heavy atom. The predicted octanol–water partition coefficient (Wildman–Crippen LogP) is 5.51. The summed E-state index contributed by atoms with van der Waals surface area (Å²) in [4.78, 5) is 13.0. The number of esters is 1. The molecule has 0 bridgehead atoms. The van der Waals surface area contributed by atoms with Gasteiger partial charge in [0.1, 0.15) is 5.60 Å². The van der Waals surface area contributed by atoms with Crippen LogP contribution in [0.2, 0.25) is 0 Å². The fraction of sp³-hybridized carbons (Fsp3) is 0.261. The van der Waals surface area contributed by atoms with Gasteiger partial charge in [-0.25, -0.2) is 0 Å². The first kappa shape index (κ1) is 17.2. The van der Waals surface area contributed by atoms with E-state index >= 15 is 0 Å². The first-order valence-corrected chi connectivity index (χ1v) is 8.68. The van der Waals surface area contributed by atoms with Gasteiger partial charge in [-0.3, -0.25) is 4.79 Å². The van der Waals surface area contributed by atoms with Gasteiger partial charge in [-0.2, -0.15) is 0 Å². The highest BCUT2D eigenvalue weighted by Crippen LogP contribution is 2.30. The molecule has 0 amide bonds. The van der Waals surface area contributed by atoms with Crippen molar-refractivity contribution >= 4 is 16.7 Å². The Morgan fingerprint density at radius 2 is 1.52 bits per heavy atom. The van der Waals surface area contributed by atoms with Crippen molar-refractivity contribution in [2.24, 2.45) is 0 Å². The SMILES string of the molecule is CC(C)(C)OC(=O)[C@H](Cc1ccccc1)c1cccc2ccccc12. The zero-order chi connectivity index (χ0) is 17.9.